The molecule has 1 aliphatic heterocycles. The summed E-state index contributed by atoms with van der Waals surface area (Å²) in [6.07, 6.45) is 3.20. The largest absolute Gasteiger partial charge is 0.333 e. The molecule has 1 aromatic rings. The van der Waals surface area contributed by atoms with Gasteiger partial charge in [-0.3, -0.25) is 4.79 Å². The molecular weight excluding hydrogens is 297 g/mol. The van der Waals surface area contributed by atoms with Gasteiger partial charge < -0.3 is 4.90 Å². The fourth-order valence-electron chi connectivity index (χ4n) is 2.60. The van der Waals surface area contributed by atoms with Crippen molar-refractivity contribution in [3.05, 3.63) is 34.1 Å². The third-order valence-electron chi connectivity index (χ3n) is 3.59. The van der Waals surface area contributed by atoms with Gasteiger partial charge in [-0.2, -0.15) is 0 Å². The quantitative estimate of drug-likeness (QED) is 0.767. The van der Waals surface area contributed by atoms with Crippen LogP contribution in [0.3, 0.4) is 0 Å². The minimum atomic E-state index is -0.391. The molecule has 0 N–H and O–H groups in total. The molecule has 1 amide bonds. The number of carbonyl (C=O) groups excluding carboxylic acids is 1. The number of hydrogen-bond donors (Lipinski definition) is 0. The van der Waals surface area contributed by atoms with Gasteiger partial charge in [0.15, 0.2) is 0 Å². The van der Waals surface area contributed by atoms with Crippen LogP contribution in [0, 0.1) is 5.82 Å². The zero-order chi connectivity index (χ0) is 13.3. The number of halogens is 2. The molecule has 1 aromatic carbocycles. The average molecular weight is 314 g/mol. The van der Waals surface area contributed by atoms with Crippen LogP contribution in [-0.2, 0) is 0 Å². The summed E-state index contributed by atoms with van der Waals surface area (Å²) in [6.45, 7) is 4.12. The van der Waals surface area contributed by atoms with Crippen molar-refractivity contribution in [3.8, 4) is 0 Å². The topological polar surface area (TPSA) is 20.3 Å². The van der Waals surface area contributed by atoms with Gasteiger partial charge in [-0.05, 0) is 67.2 Å². The van der Waals surface area contributed by atoms with Crippen LogP contribution < -0.4 is 0 Å². The van der Waals surface area contributed by atoms with Gasteiger partial charge in [0.2, 0.25) is 0 Å². The molecule has 1 aliphatic rings. The fourth-order valence-corrected chi connectivity index (χ4v) is 2.85. The lowest BCUT2D eigenvalue weighted by atomic mass is 9.96. The zero-order valence-corrected chi connectivity index (χ0v) is 12.2. The van der Waals surface area contributed by atoms with Crippen LogP contribution in [-0.4, -0.2) is 22.9 Å². The third kappa shape index (κ3) is 2.58. The molecule has 2 rings (SSSR count). The number of piperidine rings is 1. The van der Waals surface area contributed by atoms with Gasteiger partial charge in [0.05, 0.1) is 4.47 Å². The van der Waals surface area contributed by atoms with Crippen LogP contribution in [0.4, 0.5) is 4.39 Å². The predicted octanol–water partition coefficient (Wildman–Crippen LogP) is 3.99. The van der Waals surface area contributed by atoms with Crippen molar-refractivity contribution in [3.63, 3.8) is 0 Å². The zero-order valence-electron chi connectivity index (χ0n) is 10.6. The number of likely N-dealkylation sites (tertiary alicyclic amines) is 1. The Hall–Kier alpha value is -0.900. The SMILES string of the molecule is C[C@@H]1CCC[C@H](C)N1C(=O)c1ccc(Br)c(F)c1. The lowest BCUT2D eigenvalue weighted by Gasteiger charge is -2.39. The maximum atomic E-state index is 13.5. The predicted molar refractivity (Wildman–Crippen MR) is 73.0 cm³/mol. The van der Waals surface area contributed by atoms with E-state index in [1.54, 1.807) is 12.1 Å². The van der Waals surface area contributed by atoms with E-state index >= 15 is 0 Å². The smallest absolute Gasteiger partial charge is 0.254 e. The van der Waals surface area contributed by atoms with Crippen molar-refractivity contribution in [1.82, 2.24) is 4.90 Å². The third-order valence-corrected chi connectivity index (χ3v) is 4.24. The van der Waals surface area contributed by atoms with Crippen molar-refractivity contribution in [1.29, 1.82) is 0 Å². The van der Waals surface area contributed by atoms with Crippen molar-refractivity contribution < 1.29 is 9.18 Å². The highest BCUT2D eigenvalue weighted by Gasteiger charge is 2.29. The monoisotopic (exact) mass is 313 g/mol. The second-order valence-electron chi connectivity index (χ2n) is 4.97. The van der Waals surface area contributed by atoms with E-state index in [0.29, 0.717) is 10.0 Å². The molecule has 1 fully saturated rings. The Morgan fingerprint density at radius 3 is 2.50 bits per heavy atom. The van der Waals surface area contributed by atoms with E-state index in [2.05, 4.69) is 29.8 Å². The van der Waals surface area contributed by atoms with E-state index in [-0.39, 0.29) is 18.0 Å². The number of nitrogens with zero attached hydrogens (tertiary/aromatic N) is 1. The molecule has 98 valence electrons. The normalized spacial score (nSPS) is 24.1. The van der Waals surface area contributed by atoms with Crippen LogP contribution in [0.2, 0.25) is 0 Å². The first-order valence-corrected chi connectivity index (χ1v) is 7.07. The lowest BCUT2D eigenvalue weighted by molar-refractivity contribution is 0.0510. The molecule has 1 heterocycles. The van der Waals surface area contributed by atoms with Gasteiger partial charge in [0.1, 0.15) is 5.82 Å². The molecule has 0 radical (unpaired) electrons. The summed E-state index contributed by atoms with van der Waals surface area (Å²) in [4.78, 5) is 14.3. The van der Waals surface area contributed by atoms with Gasteiger partial charge in [-0.25, -0.2) is 4.39 Å². The number of amides is 1. The minimum absolute atomic E-state index is 0.0684. The molecule has 2 nitrogen and oxygen atoms in total. The van der Waals surface area contributed by atoms with E-state index in [1.807, 2.05) is 4.90 Å². The van der Waals surface area contributed by atoms with Gasteiger partial charge in [-0.15, -0.1) is 0 Å². The molecular formula is C14H17BrFNO. The van der Waals surface area contributed by atoms with Crippen molar-refractivity contribution in [2.75, 3.05) is 0 Å². The number of carbonyl (C=O) groups is 1. The first kappa shape index (κ1) is 13.5. The van der Waals surface area contributed by atoms with E-state index in [1.165, 1.54) is 6.07 Å². The molecule has 0 aliphatic carbocycles. The van der Waals surface area contributed by atoms with Crippen molar-refractivity contribution >= 4 is 21.8 Å². The summed E-state index contributed by atoms with van der Waals surface area (Å²) < 4.78 is 13.9. The number of benzene rings is 1. The molecule has 0 saturated carbocycles. The Kier molecular flexibility index (Phi) is 4.05. The standard InChI is InChI=1S/C14H17BrFNO/c1-9-4-3-5-10(2)17(9)14(18)11-6-7-12(15)13(16)8-11/h6-10H,3-5H2,1-2H3/t9-,10+. The van der Waals surface area contributed by atoms with E-state index in [0.717, 1.165) is 19.3 Å². The molecule has 0 unspecified atom stereocenters. The first-order valence-electron chi connectivity index (χ1n) is 6.28. The maximum Gasteiger partial charge on any atom is 0.254 e. The summed E-state index contributed by atoms with van der Waals surface area (Å²) in [6, 6.07) is 5.02. The Balaban J connectivity index is 2.26. The second-order valence-corrected chi connectivity index (χ2v) is 5.82. The second kappa shape index (κ2) is 5.39. The number of rotatable bonds is 1. The molecule has 1 saturated heterocycles. The molecule has 0 aromatic heterocycles. The first-order chi connectivity index (χ1) is 8.50. The van der Waals surface area contributed by atoms with Gasteiger partial charge in [0, 0.05) is 17.6 Å². The van der Waals surface area contributed by atoms with Gasteiger partial charge >= 0.3 is 0 Å². The highest BCUT2D eigenvalue weighted by molar-refractivity contribution is 9.10. The fraction of sp³-hybridized carbons (Fsp3) is 0.500. The van der Waals surface area contributed by atoms with E-state index < -0.39 is 5.82 Å². The molecule has 0 bridgehead atoms. The van der Waals surface area contributed by atoms with Crippen LogP contribution in [0.5, 0.6) is 0 Å². The summed E-state index contributed by atoms with van der Waals surface area (Å²) >= 11 is 3.10. The lowest BCUT2D eigenvalue weighted by Crippen LogP contribution is -2.47. The van der Waals surface area contributed by atoms with Crippen LogP contribution in [0.1, 0.15) is 43.5 Å². The van der Waals surface area contributed by atoms with Crippen molar-refractivity contribution in [2.24, 2.45) is 0 Å². The Morgan fingerprint density at radius 2 is 1.94 bits per heavy atom. The van der Waals surface area contributed by atoms with Crippen LogP contribution >= 0.6 is 15.9 Å². The van der Waals surface area contributed by atoms with Gasteiger partial charge in [-0.1, -0.05) is 0 Å². The molecule has 18 heavy (non-hydrogen) atoms. The Morgan fingerprint density at radius 1 is 1.33 bits per heavy atom. The van der Waals surface area contributed by atoms with E-state index in [9.17, 15) is 9.18 Å². The summed E-state index contributed by atoms with van der Waals surface area (Å²) in [5.41, 5.74) is 0.427. The highest BCUT2D eigenvalue weighted by atomic mass is 79.9. The summed E-state index contributed by atoms with van der Waals surface area (Å²) in [5, 5.41) is 0. The maximum absolute atomic E-state index is 13.5. The number of hydrogen-bond acceptors (Lipinski definition) is 1. The average Bonchev–Trinajstić information content (AvgIpc) is 2.32. The Labute approximate surface area is 115 Å². The van der Waals surface area contributed by atoms with Gasteiger partial charge in [0.25, 0.3) is 5.91 Å². The molecule has 4 heteroatoms. The van der Waals surface area contributed by atoms with Crippen LogP contribution in [0.15, 0.2) is 22.7 Å². The van der Waals surface area contributed by atoms with E-state index in [4.69, 9.17) is 0 Å². The molecule has 2 atom stereocenters. The summed E-state index contributed by atoms with van der Waals surface area (Å²) in [5.74, 6) is -0.459. The summed E-state index contributed by atoms with van der Waals surface area (Å²) in [7, 11) is 0. The highest BCUT2D eigenvalue weighted by Crippen LogP contribution is 2.25. The van der Waals surface area contributed by atoms with Crippen LogP contribution in [0.25, 0.3) is 0 Å². The molecule has 0 spiro atoms. The van der Waals surface area contributed by atoms with Crippen molar-refractivity contribution in [2.45, 2.75) is 45.2 Å². The minimum Gasteiger partial charge on any atom is -0.333 e. The Bertz CT molecular complexity index is 453.